The van der Waals surface area contributed by atoms with Crippen LogP contribution in [0.25, 0.3) is 0 Å². The normalized spacial score (nSPS) is 10.4. The molecule has 21 heavy (non-hydrogen) atoms. The third-order valence-electron chi connectivity index (χ3n) is 3.03. The van der Waals surface area contributed by atoms with Crippen LogP contribution in [0.1, 0.15) is 11.1 Å². The van der Waals surface area contributed by atoms with Gasteiger partial charge in [-0.25, -0.2) is 0 Å². The van der Waals surface area contributed by atoms with Crippen LogP contribution in [0, 0.1) is 6.92 Å². The van der Waals surface area contributed by atoms with E-state index in [1.165, 1.54) is 5.56 Å². The van der Waals surface area contributed by atoms with Crippen LogP contribution in [-0.4, -0.2) is 20.3 Å². The predicted molar refractivity (Wildman–Crippen MR) is 86.4 cm³/mol. The first-order valence-corrected chi connectivity index (χ1v) is 7.32. The van der Waals surface area contributed by atoms with Crippen LogP contribution < -0.4 is 14.8 Å². The van der Waals surface area contributed by atoms with E-state index in [0.717, 1.165) is 28.6 Å². The quantitative estimate of drug-likeness (QED) is 0.789. The van der Waals surface area contributed by atoms with Gasteiger partial charge >= 0.3 is 0 Å². The molecule has 112 valence electrons. The molecule has 0 aliphatic carbocycles. The zero-order chi connectivity index (χ0) is 15.1. The monoisotopic (exact) mass is 305 g/mol. The molecule has 0 saturated heterocycles. The van der Waals surface area contributed by atoms with Gasteiger partial charge in [0.25, 0.3) is 0 Å². The SMILES string of the molecule is CNCc1cccc(OCCOc2ccc(Cl)cc2C)c1. The molecule has 2 rings (SSSR count). The summed E-state index contributed by atoms with van der Waals surface area (Å²) >= 11 is 5.91. The molecular weight excluding hydrogens is 286 g/mol. The van der Waals surface area contributed by atoms with Gasteiger partial charge in [0.15, 0.2) is 0 Å². The smallest absolute Gasteiger partial charge is 0.122 e. The lowest BCUT2D eigenvalue weighted by Crippen LogP contribution is -2.10. The van der Waals surface area contributed by atoms with Crippen molar-refractivity contribution in [3.63, 3.8) is 0 Å². The molecule has 0 atom stereocenters. The van der Waals surface area contributed by atoms with Crippen LogP contribution in [0.4, 0.5) is 0 Å². The summed E-state index contributed by atoms with van der Waals surface area (Å²) in [5.41, 5.74) is 2.22. The highest BCUT2D eigenvalue weighted by atomic mass is 35.5. The van der Waals surface area contributed by atoms with Crippen molar-refractivity contribution in [2.75, 3.05) is 20.3 Å². The van der Waals surface area contributed by atoms with E-state index < -0.39 is 0 Å². The number of benzene rings is 2. The Morgan fingerprint density at radius 2 is 1.86 bits per heavy atom. The standard InChI is InChI=1S/C17H20ClNO2/c1-13-10-15(18)6-7-17(13)21-9-8-20-16-5-3-4-14(11-16)12-19-2/h3-7,10-11,19H,8-9,12H2,1-2H3. The number of ether oxygens (including phenoxy) is 2. The fourth-order valence-corrected chi connectivity index (χ4v) is 2.26. The van der Waals surface area contributed by atoms with Gasteiger partial charge < -0.3 is 14.8 Å². The minimum absolute atomic E-state index is 0.499. The van der Waals surface area contributed by atoms with Gasteiger partial charge in [-0.2, -0.15) is 0 Å². The molecule has 2 aromatic carbocycles. The van der Waals surface area contributed by atoms with Crippen molar-refractivity contribution in [1.82, 2.24) is 5.32 Å². The Morgan fingerprint density at radius 3 is 2.62 bits per heavy atom. The fraction of sp³-hybridized carbons (Fsp3) is 0.294. The van der Waals surface area contributed by atoms with Gasteiger partial charge in [-0.1, -0.05) is 23.7 Å². The second-order valence-electron chi connectivity index (χ2n) is 4.78. The average molecular weight is 306 g/mol. The van der Waals surface area contributed by atoms with E-state index in [0.29, 0.717) is 13.2 Å². The lowest BCUT2D eigenvalue weighted by atomic mass is 10.2. The summed E-state index contributed by atoms with van der Waals surface area (Å²) in [6.45, 7) is 3.81. The minimum atomic E-state index is 0.499. The molecular formula is C17H20ClNO2. The average Bonchev–Trinajstić information content (AvgIpc) is 2.46. The number of hydrogen-bond donors (Lipinski definition) is 1. The van der Waals surface area contributed by atoms with E-state index in [1.807, 2.05) is 50.4 Å². The first-order valence-electron chi connectivity index (χ1n) is 6.94. The topological polar surface area (TPSA) is 30.5 Å². The van der Waals surface area contributed by atoms with Crippen LogP contribution in [0.2, 0.25) is 5.02 Å². The van der Waals surface area contributed by atoms with E-state index in [1.54, 1.807) is 0 Å². The predicted octanol–water partition coefficient (Wildman–Crippen LogP) is 3.83. The number of rotatable bonds is 7. The highest BCUT2D eigenvalue weighted by Gasteiger charge is 2.01. The van der Waals surface area contributed by atoms with Crippen molar-refractivity contribution in [3.05, 3.63) is 58.6 Å². The van der Waals surface area contributed by atoms with Gasteiger partial charge in [0, 0.05) is 11.6 Å². The molecule has 1 N–H and O–H groups in total. The van der Waals surface area contributed by atoms with E-state index in [-0.39, 0.29) is 0 Å². The Labute approximate surface area is 130 Å². The zero-order valence-electron chi connectivity index (χ0n) is 12.4. The molecule has 4 heteroatoms. The molecule has 0 bridgehead atoms. The molecule has 0 saturated carbocycles. The van der Waals surface area contributed by atoms with E-state index in [4.69, 9.17) is 21.1 Å². The molecule has 0 amide bonds. The maximum absolute atomic E-state index is 5.91. The van der Waals surface area contributed by atoms with Gasteiger partial charge in [0.05, 0.1) is 0 Å². The third-order valence-corrected chi connectivity index (χ3v) is 3.26. The summed E-state index contributed by atoms with van der Waals surface area (Å²) in [4.78, 5) is 0. The van der Waals surface area contributed by atoms with Crippen molar-refractivity contribution in [2.24, 2.45) is 0 Å². The second-order valence-corrected chi connectivity index (χ2v) is 5.22. The van der Waals surface area contributed by atoms with Crippen LogP contribution >= 0.6 is 11.6 Å². The maximum atomic E-state index is 5.91. The Morgan fingerprint density at radius 1 is 1.05 bits per heavy atom. The third kappa shape index (κ3) is 4.96. The second kappa shape index (κ2) is 7.91. The number of hydrogen-bond acceptors (Lipinski definition) is 3. The van der Waals surface area contributed by atoms with Crippen LogP contribution in [0.15, 0.2) is 42.5 Å². The molecule has 0 radical (unpaired) electrons. The molecule has 0 aliphatic rings. The summed E-state index contributed by atoms with van der Waals surface area (Å²) in [5, 5.41) is 3.84. The lowest BCUT2D eigenvalue weighted by molar-refractivity contribution is 0.216. The minimum Gasteiger partial charge on any atom is -0.490 e. The molecule has 0 unspecified atom stereocenters. The molecule has 3 nitrogen and oxygen atoms in total. The lowest BCUT2D eigenvalue weighted by Gasteiger charge is -2.11. The largest absolute Gasteiger partial charge is 0.490 e. The Bertz CT molecular complexity index is 587. The van der Waals surface area contributed by atoms with E-state index in [2.05, 4.69) is 11.4 Å². The van der Waals surface area contributed by atoms with Gasteiger partial charge in [0.1, 0.15) is 24.7 Å². The van der Waals surface area contributed by atoms with Gasteiger partial charge in [0.2, 0.25) is 0 Å². The van der Waals surface area contributed by atoms with Gasteiger partial charge in [-0.3, -0.25) is 0 Å². The van der Waals surface area contributed by atoms with Gasteiger partial charge in [-0.05, 0) is 55.4 Å². The number of aryl methyl sites for hydroxylation is 1. The first-order chi connectivity index (χ1) is 10.2. The molecule has 0 fully saturated rings. The molecule has 2 aromatic rings. The summed E-state index contributed by atoms with van der Waals surface area (Å²) in [5.74, 6) is 1.70. The molecule has 0 aromatic heterocycles. The number of halogens is 1. The summed E-state index contributed by atoms with van der Waals surface area (Å²) in [7, 11) is 1.93. The van der Waals surface area contributed by atoms with E-state index in [9.17, 15) is 0 Å². The summed E-state index contributed by atoms with van der Waals surface area (Å²) in [6, 6.07) is 13.6. The van der Waals surface area contributed by atoms with Crippen molar-refractivity contribution >= 4 is 11.6 Å². The zero-order valence-corrected chi connectivity index (χ0v) is 13.1. The molecule has 0 heterocycles. The Hall–Kier alpha value is -1.71. The summed E-state index contributed by atoms with van der Waals surface area (Å²) in [6.07, 6.45) is 0. The Balaban J connectivity index is 1.80. The van der Waals surface area contributed by atoms with Crippen LogP contribution in [0.3, 0.4) is 0 Å². The summed E-state index contributed by atoms with van der Waals surface area (Å²) < 4.78 is 11.4. The first kappa shape index (κ1) is 15.7. The molecule has 0 spiro atoms. The maximum Gasteiger partial charge on any atom is 0.122 e. The van der Waals surface area contributed by atoms with Crippen molar-refractivity contribution < 1.29 is 9.47 Å². The fourth-order valence-electron chi connectivity index (χ4n) is 2.04. The van der Waals surface area contributed by atoms with E-state index >= 15 is 0 Å². The highest BCUT2D eigenvalue weighted by Crippen LogP contribution is 2.21. The van der Waals surface area contributed by atoms with Crippen LogP contribution in [0.5, 0.6) is 11.5 Å². The van der Waals surface area contributed by atoms with Crippen molar-refractivity contribution in [3.8, 4) is 11.5 Å². The van der Waals surface area contributed by atoms with Gasteiger partial charge in [-0.15, -0.1) is 0 Å². The highest BCUT2D eigenvalue weighted by molar-refractivity contribution is 6.30. The van der Waals surface area contributed by atoms with Crippen LogP contribution in [-0.2, 0) is 6.54 Å². The molecule has 0 aliphatic heterocycles. The number of nitrogens with one attached hydrogen (secondary N) is 1. The van der Waals surface area contributed by atoms with Crippen molar-refractivity contribution in [1.29, 1.82) is 0 Å². The Kier molecular flexibility index (Phi) is 5.90. The van der Waals surface area contributed by atoms with Crippen molar-refractivity contribution in [2.45, 2.75) is 13.5 Å².